The molecule has 4 heteroatoms. The fourth-order valence-corrected chi connectivity index (χ4v) is 5.11. The lowest BCUT2D eigenvalue weighted by Crippen LogP contribution is -2.49. The van der Waals surface area contributed by atoms with Crippen molar-refractivity contribution >= 4 is 11.8 Å². The largest absolute Gasteiger partial charge is 0.468 e. The molecule has 3 rings (SSSR count). The van der Waals surface area contributed by atoms with E-state index in [1.807, 2.05) is 6.07 Å². The molecule has 1 N–H and O–H groups in total. The Balaban J connectivity index is 1.64. The summed E-state index contributed by atoms with van der Waals surface area (Å²) in [6, 6.07) is 5.14. The number of hydrogen-bond acceptors (Lipinski definition) is 4. The highest BCUT2D eigenvalue weighted by molar-refractivity contribution is 7.99. The number of thioether (sulfide) groups is 1. The molecule has 2 atom stereocenters. The first-order chi connectivity index (χ1) is 10.2. The van der Waals surface area contributed by atoms with E-state index in [-0.39, 0.29) is 0 Å². The summed E-state index contributed by atoms with van der Waals surface area (Å²) in [4.78, 5) is 2.58. The van der Waals surface area contributed by atoms with E-state index in [1.54, 1.807) is 6.26 Å². The Bertz CT molecular complexity index is 426. The smallest absolute Gasteiger partial charge is 0.122 e. The second kappa shape index (κ2) is 6.76. The Hall–Kier alpha value is -0.450. The topological polar surface area (TPSA) is 28.4 Å². The highest BCUT2D eigenvalue weighted by Crippen LogP contribution is 2.35. The predicted octanol–water partition coefficient (Wildman–Crippen LogP) is 3.54. The van der Waals surface area contributed by atoms with E-state index in [0.29, 0.717) is 17.5 Å². The van der Waals surface area contributed by atoms with Gasteiger partial charge in [-0.2, -0.15) is 11.8 Å². The quantitative estimate of drug-likeness (QED) is 0.900. The highest BCUT2D eigenvalue weighted by atomic mass is 32.2. The Morgan fingerprint density at radius 2 is 2.24 bits per heavy atom. The maximum atomic E-state index is 5.71. The predicted molar refractivity (Wildman–Crippen MR) is 89.8 cm³/mol. The summed E-state index contributed by atoms with van der Waals surface area (Å²) in [5, 5.41) is 3.85. The summed E-state index contributed by atoms with van der Waals surface area (Å²) < 4.78 is 5.71. The normalized spacial score (nSPS) is 27.8. The fourth-order valence-electron chi connectivity index (χ4n) is 3.47. The van der Waals surface area contributed by atoms with E-state index in [0.717, 1.165) is 12.3 Å². The zero-order valence-corrected chi connectivity index (χ0v) is 14.1. The first kappa shape index (κ1) is 15.4. The van der Waals surface area contributed by atoms with Crippen molar-refractivity contribution in [1.82, 2.24) is 10.2 Å². The number of nitrogens with one attached hydrogen (secondary N) is 1. The number of rotatable bonds is 5. The van der Waals surface area contributed by atoms with Crippen molar-refractivity contribution in [2.75, 3.05) is 31.1 Å². The molecule has 2 aliphatic rings. The molecule has 3 nitrogen and oxygen atoms in total. The Kier molecular flexibility index (Phi) is 4.97. The average Bonchev–Trinajstić information content (AvgIpc) is 3.13. The molecule has 0 amide bonds. The van der Waals surface area contributed by atoms with E-state index in [2.05, 4.69) is 41.9 Å². The van der Waals surface area contributed by atoms with Crippen LogP contribution in [0.25, 0.3) is 0 Å². The van der Waals surface area contributed by atoms with Crippen LogP contribution in [0.5, 0.6) is 0 Å². The van der Waals surface area contributed by atoms with Crippen LogP contribution in [0, 0.1) is 5.41 Å². The van der Waals surface area contributed by atoms with E-state index in [9.17, 15) is 0 Å². The van der Waals surface area contributed by atoms with Crippen molar-refractivity contribution in [3.05, 3.63) is 24.2 Å². The van der Waals surface area contributed by atoms with Gasteiger partial charge in [-0.25, -0.2) is 0 Å². The summed E-state index contributed by atoms with van der Waals surface area (Å²) in [5.74, 6) is 3.65. The van der Waals surface area contributed by atoms with Crippen LogP contribution in [0.2, 0.25) is 0 Å². The molecule has 0 spiro atoms. The van der Waals surface area contributed by atoms with Gasteiger partial charge in [-0.1, -0.05) is 13.8 Å². The molecule has 2 aliphatic heterocycles. The van der Waals surface area contributed by atoms with E-state index in [4.69, 9.17) is 4.42 Å². The third kappa shape index (κ3) is 3.66. The second-order valence-electron chi connectivity index (χ2n) is 7.05. The Morgan fingerprint density at radius 1 is 1.43 bits per heavy atom. The van der Waals surface area contributed by atoms with E-state index < -0.39 is 0 Å². The first-order valence-corrected chi connectivity index (χ1v) is 9.41. The molecule has 2 unspecified atom stereocenters. The third-order valence-electron chi connectivity index (χ3n) is 5.13. The Morgan fingerprint density at radius 3 is 2.90 bits per heavy atom. The molecule has 21 heavy (non-hydrogen) atoms. The van der Waals surface area contributed by atoms with E-state index >= 15 is 0 Å². The van der Waals surface area contributed by atoms with Crippen LogP contribution in [0.4, 0.5) is 0 Å². The molecular formula is C17H28N2OS. The zero-order valence-electron chi connectivity index (χ0n) is 13.3. The maximum Gasteiger partial charge on any atom is 0.122 e. The van der Waals surface area contributed by atoms with Gasteiger partial charge in [-0.15, -0.1) is 0 Å². The molecule has 0 aromatic carbocycles. The van der Waals surface area contributed by atoms with Gasteiger partial charge >= 0.3 is 0 Å². The van der Waals surface area contributed by atoms with Crippen LogP contribution < -0.4 is 5.32 Å². The van der Waals surface area contributed by atoms with Gasteiger partial charge in [0.25, 0.3) is 0 Å². The molecule has 0 aliphatic carbocycles. The van der Waals surface area contributed by atoms with Crippen LogP contribution >= 0.6 is 11.8 Å². The molecular weight excluding hydrogens is 280 g/mol. The number of hydrogen-bond donors (Lipinski definition) is 1. The van der Waals surface area contributed by atoms with Gasteiger partial charge < -0.3 is 9.73 Å². The minimum absolute atomic E-state index is 0.394. The number of furan rings is 1. The molecule has 118 valence electrons. The summed E-state index contributed by atoms with van der Waals surface area (Å²) in [6.07, 6.45) is 5.76. The van der Waals surface area contributed by atoms with Gasteiger partial charge in [-0.3, -0.25) is 4.90 Å². The maximum absolute atomic E-state index is 5.71. The van der Waals surface area contributed by atoms with Crippen molar-refractivity contribution in [2.45, 2.75) is 45.2 Å². The lowest BCUT2D eigenvalue weighted by molar-refractivity contribution is 0.181. The van der Waals surface area contributed by atoms with Crippen molar-refractivity contribution in [2.24, 2.45) is 5.41 Å². The van der Waals surface area contributed by atoms with Crippen molar-refractivity contribution < 1.29 is 4.42 Å². The van der Waals surface area contributed by atoms with Crippen LogP contribution in [0.15, 0.2) is 22.8 Å². The molecule has 1 aromatic heterocycles. The molecule has 2 fully saturated rings. The van der Waals surface area contributed by atoms with Crippen LogP contribution in [0.3, 0.4) is 0 Å². The fraction of sp³-hybridized carbons (Fsp3) is 0.765. The van der Waals surface area contributed by atoms with Gasteiger partial charge in [0.1, 0.15) is 5.76 Å². The third-order valence-corrected chi connectivity index (χ3v) is 6.19. The summed E-state index contributed by atoms with van der Waals surface area (Å²) >= 11 is 2.09. The minimum Gasteiger partial charge on any atom is -0.468 e. The Labute approximate surface area is 132 Å². The first-order valence-electron chi connectivity index (χ1n) is 8.25. The SMILES string of the molecule is CC1(C)CCSCC1NCC(c1ccco1)N1CCCC1. The monoisotopic (exact) mass is 308 g/mol. The minimum atomic E-state index is 0.394. The number of nitrogens with zero attached hydrogens (tertiary/aromatic N) is 1. The van der Waals surface area contributed by atoms with Gasteiger partial charge in [0, 0.05) is 18.3 Å². The molecule has 1 aromatic rings. The number of likely N-dealkylation sites (tertiary alicyclic amines) is 1. The van der Waals surface area contributed by atoms with Gasteiger partial charge in [-0.05, 0) is 55.7 Å². The summed E-state index contributed by atoms with van der Waals surface area (Å²) in [5.41, 5.74) is 0.407. The van der Waals surface area contributed by atoms with Crippen LogP contribution in [-0.2, 0) is 0 Å². The van der Waals surface area contributed by atoms with Gasteiger partial charge in [0.2, 0.25) is 0 Å². The van der Waals surface area contributed by atoms with Crippen LogP contribution in [0.1, 0.15) is 44.9 Å². The zero-order chi connectivity index (χ0) is 14.7. The molecule has 0 bridgehead atoms. The summed E-state index contributed by atoms with van der Waals surface area (Å²) in [6.45, 7) is 8.22. The standard InChI is InChI=1S/C17H28N2OS/c1-17(2)7-11-21-13-16(17)18-12-14(15-6-5-10-20-15)19-8-3-4-9-19/h5-6,10,14,16,18H,3-4,7-9,11-13H2,1-2H3. The molecule has 3 heterocycles. The molecule has 0 radical (unpaired) electrons. The lowest BCUT2D eigenvalue weighted by atomic mass is 9.82. The average molecular weight is 308 g/mol. The second-order valence-corrected chi connectivity index (χ2v) is 8.20. The van der Waals surface area contributed by atoms with Gasteiger partial charge in [0.05, 0.1) is 12.3 Å². The van der Waals surface area contributed by atoms with Crippen molar-refractivity contribution in [3.8, 4) is 0 Å². The lowest BCUT2D eigenvalue weighted by Gasteiger charge is -2.40. The highest BCUT2D eigenvalue weighted by Gasteiger charge is 2.34. The molecule has 2 saturated heterocycles. The van der Waals surface area contributed by atoms with Crippen molar-refractivity contribution in [1.29, 1.82) is 0 Å². The van der Waals surface area contributed by atoms with Crippen molar-refractivity contribution in [3.63, 3.8) is 0 Å². The van der Waals surface area contributed by atoms with E-state index in [1.165, 1.54) is 43.9 Å². The molecule has 0 saturated carbocycles. The summed E-state index contributed by atoms with van der Waals surface area (Å²) in [7, 11) is 0. The van der Waals surface area contributed by atoms with Gasteiger partial charge in [0.15, 0.2) is 0 Å². The van der Waals surface area contributed by atoms with Crippen LogP contribution in [-0.4, -0.2) is 42.1 Å².